The van der Waals surface area contributed by atoms with E-state index in [1.165, 1.54) is 0 Å². The van der Waals surface area contributed by atoms with Crippen LogP contribution in [0.3, 0.4) is 0 Å². The molecule has 0 saturated carbocycles. The van der Waals surface area contributed by atoms with E-state index in [1.54, 1.807) is 32.4 Å². The molecular formula is C12H18BrNO3S. The summed E-state index contributed by atoms with van der Waals surface area (Å²) in [5.41, 5.74) is 0.619. The maximum atomic E-state index is 12.0. The lowest BCUT2D eigenvalue weighted by Crippen LogP contribution is -2.32. The third kappa shape index (κ3) is 3.60. The molecule has 0 saturated heterocycles. The van der Waals surface area contributed by atoms with Gasteiger partial charge in [0.1, 0.15) is 11.0 Å². The highest BCUT2D eigenvalue weighted by Crippen LogP contribution is 2.27. The van der Waals surface area contributed by atoms with Gasteiger partial charge in [0.25, 0.3) is 0 Å². The molecule has 0 aromatic carbocycles. The number of halogens is 1. The lowest BCUT2D eigenvalue weighted by atomic mass is 10.1. The van der Waals surface area contributed by atoms with Crippen LogP contribution < -0.4 is 0 Å². The van der Waals surface area contributed by atoms with Crippen molar-refractivity contribution in [2.45, 2.75) is 31.3 Å². The molecule has 0 heterocycles. The van der Waals surface area contributed by atoms with Crippen LogP contribution in [0.5, 0.6) is 0 Å². The average molecular weight is 336 g/mol. The lowest BCUT2D eigenvalue weighted by molar-refractivity contribution is -0.133. The molecule has 0 aromatic heterocycles. The fraction of sp³-hybridized carbons (Fsp3) is 0.583. The third-order valence-corrected chi connectivity index (χ3v) is 4.43. The summed E-state index contributed by atoms with van der Waals surface area (Å²) < 4.78 is 27.0. The molecule has 1 aliphatic rings. The van der Waals surface area contributed by atoms with E-state index >= 15 is 0 Å². The predicted molar refractivity (Wildman–Crippen MR) is 78.2 cm³/mol. The first-order valence-corrected chi connectivity index (χ1v) is 7.33. The maximum Gasteiger partial charge on any atom is 0.209 e. The van der Waals surface area contributed by atoms with E-state index in [9.17, 15) is 4.21 Å². The van der Waals surface area contributed by atoms with E-state index < -0.39 is 16.8 Å². The molecule has 102 valence electrons. The number of allylic oxidation sites excluding steroid dienone is 2. The molecule has 0 aliphatic heterocycles. The van der Waals surface area contributed by atoms with Gasteiger partial charge >= 0.3 is 0 Å². The zero-order valence-electron chi connectivity index (χ0n) is 11.2. The van der Waals surface area contributed by atoms with Gasteiger partial charge in [-0.15, -0.1) is 0 Å². The Kier molecular flexibility index (Phi) is 5.05. The Hall–Kier alpha value is -0.300. The van der Waals surface area contributed by atoms with E-state index in [4.69, 9.17) is 9.47 Å². The van der Waals surface area contributed by atoms with Crippen LogP contribution in [0.1, 0.15) is 20.8 Å². The largest absolute Gasteiger partial charge is 0.346 e. The van der Waals surface area contributed by atoms with E-state index in [-0.39, 0.29) is 4.75 Å². The molecule has 0 radical (unpaired) electrons. The monoisotopic (exact) mass is 335 g/mol. The number of hydrogen-bond acceptors (Lipinski definition) is 3. The van der Waals surface area contributed by atoms with Crippen molar-refractivity contribution in [3.05, 3.63) is 22.7 Å². The molecule has 1 atom stereocenters. The molecule has 6 heteroatoms. The van der Waals surface area contributed by atoms with Gasteiger partial charge in [0, 0.05) is 18.7 Å². The number of hydrogen-bond donors (Lipinski definition) is 0. The predicted octanol–water partition coefficient (Wildman–Crippen LogP) is 2.73. The third-order valence-electron chi connectivity index (χ3n) is 2.39. The topological polar surface area (TPSA) is 47.9 Å². The fourth-order valence-corrected chi connectivity index (χ4v) is 2.48. The minimum Gasteiger partial charge on any atom is -0.346 e. The molecule has 1 aliphatic carbocycles. The van der Waals surface area contributed by atoms with Crippen LogP contribution in [0.25, 0.3) is 0 Å². The number of methoxy groups -OCH3 is 2. The summed E-state index contributed by atoms with van der Waals surface area (Å²) in [5, 5.41) is 0. The molecule has 1 rings (SSSR count). The molecule has 0 amide bonds. The molecule has 0 spiro atoms. The Morgan fingerprint density at radius 3 is 2.28 bits per heavy atom. The minimum absolute atomic E-state index is 0.384. The van der Waals surface area contributed by atoms with Crippen molar-refractivity contribution in [3.63, 3.8) is 0 Å². The van der Waals surface area contributed by atoms with Gasteiger partial charge in [-0.1, -0.05) is 0 Å². The molecular weight excluding hydrogens is 318 g/mol. The summed E-state index contributed by atoms with van der Waals surface area (Å²) in [4.78, 5) is 0. The van der Waals surface area contributed by atoms with Crippen LogP contribution in [0.4, 0.5) is 0 Å². The number of ether oxygens (including phenoxy) is 2. The molecule has 18 heavy (non-hydrogen) atoms. The van der Waals surface area contributed by atoms with Gasteiger partial charge < -0.3 is 9.47 Å². The molecule has 0 fully saturated rings. The zero-order valence-corrected chi connectivity index (χ0v) is 13.6. The lowest BCUT2D eigenvalue weighted by Gasteiger charge is -2.27. The first-order valence-electron chi connectivity index (χ1n) is 5.43. The van der Waals surface area contributed by atoms with Crippen molar-refractivity contribution in [1.29, 1.82) is 0 Å². The molecule has 4 nitrogen and oxygen atoms in total. The highest BCUT2D eigenvalue weighted by molar-refractivity contribution is 9.12. The Balaban J connectivity index is 3.03. The quantitative estimate of drug-likeness (QED) is 0.745. The number of rotatable bonds is 3. The SMILES string of the molecule is COC1(OC)C=C/C(=N\[S@](=O)C(C)(C)C)C(Br)=C1. The van der Waals surface area contributed by atoms with Gasteiger partial charge in [-0.2, -0.15) is 4.40 Å². The van der Waals surface area contributed by atoms with Gasteiger partial charge in [0.2, 0.25) is 5.79 Å². The summed E-state index contributed by atoms with van der Waals surface area (Å²) in [6, 6.07) is 0. The van der Waals surface area contributed by atoms with Crippen molar-refractivity contribution in [2.24, 2.45) is 4.40 Å². The fourth-order valence-electron chi connectivity index (χ4n) is 1.21. The van der Waals surface area contributed by atoms with Crippen LogP contribution in [0, 0.1) is 0 Å². The maximum absolute atomic E-state index is 12.0. The van der Waals surface area contributed by atoms with Crippen LogP contribution >= 0.6 is 15.9 Å². The van der Waals surface area contributed by atoms with Crippen LogP contribution in [-0.2, 0) is 20.5 Å². The van der Waals surface area contributed by atoms with Crippen LogP contribution in [0.15, 0.2) is 27.1 Å². The highest BCUT2D eigenvalue weighted by Gasteiger charge is 2.29. The smallest absolute Gasteiger partial charge is 0.209 e. The molecule has 0 aromatic rings. The summed E-state index contributed by atoms with van der Waals surface area (Å²) in [7, 11) is 1.81. The van der Waals surface area contributed by atoms with Gasteiger partial charge in [0.05, 0.1) is 10.5 Å². The van der Waals surface area contributed by atoms with Crippen molar-refractivity contribution in [3.8, 4) is 0 Å². The van der Waals surface area contributed by atoms with E-state index in [0.717, 1.165) is 0 Å². The summed E-state index contributed by atoms with van der Waals surface area (Å²) >= 11 is 3.39. The van der Waals surface area contributed by atoms with E-state index in [1.807, 2.05) is 20.8 Å². The van der Waals surface area contributed by atoms with Crippen LogP contribution in [0.2, 0.25) is 0 Å². The summed E-state index contributed by atoms with van der Waals surface area (Å²) in [6.07, 6.45) is 5.21. The van der Waals surface area contributed by atoms with E-state index in [2.05, 4.69) is 20.3 Å². The first kappa shape index (κ1) is 15.8. The first-order chi connectivity index (χ1) is 8.24. The van der Waals surface area contributed by atoms with Gasteiger partial charge in [-0.3, -0.25) is 0 Å². The Labute approximate surface area is 119 Å². The Morgan fingerprint density at radius 1 is 1.33 bits per heavy atom. The average Bonchev–Trinajstić information content (AvgIpc) is 2.30. The van der Waals surface area contributed by atoms with E-state index in [0.29, 0.717) is 10.2 Å². The second kappa shape index (κ2) is 5.77. The Bertz CT molecular complexity index is 431. The van der Waals surface area contributed by atoms with Crippen molar-refractivity contribution >= 4 is 32.6 Å². The normalized spacial score (nSPS) is 23.0. The van der Waals surface area contributed by atoms with Gasteiger partial charge in [0.15, 0.2) is 0 Å². The summed E-state index contributed by atoms with van der Waals surface area (Å²) in [5.74, 6) is -0.888. The standard InChI is InChI=1S/C12H18BrNO3S/c1-11(2,3)18(15)14-10-6-7-12(16-4,17-5)8-9(10)13/h6-8H,1-5H3/b14-10+/t18-/m1/s1. The van der Waals surface area contributed by atoms with Gasteiger partial charge in [-0.05, 0) is 54.9 Å². The van der Waals surface area contributed by atoms with Crippen molar-refractivity contribution in [2.75, 3.05) is 14.2 Å². The van der Waals surface area contributed by atoms with Gasteiger partial charge in [-0.25, -0.2) is 4.21 Å². The number of nitrogens with zero attached hydrogens (tertiary/aromatic N) is 1. The molecule has 0 N–H and O–H groups in total. The molecule has 0 bridgehead atoms. The van der Waals surface area contributed by atoms with Crippen LogP contribution in [-0.4, -0.2) is 34.7 Å². The second-order valence-corrected chi connectivity index (χ2v) is 7.55. The highest BCUT2D eigenvalue weighted by atomic mass is 79.9. The zero-order chi connectivity index (χ0) is 14.0. The Morgan fingerprint density at radius 2 is 1.89 bits per heavy atom. The van der Waals surface area contributed by atoms with Crippen molar-refractivity contribution in [1.82, 2.24) is 0 Å². The molecule has 0 unspecified atom stereocenters. The minimum atomic E-state index is -1.30. The second-order valence-electron chi connectivity index (χ2n) is 4.79. The van der Waals surface area contributed by atoms with Crippen molar-refractivity contribution < 1.29 is 13.7 Å². The summed E-state index contributed by atoms with van der Waals surface area (Å²) in [6.45, 7) is 5.64.